The van der Waals surface area contributed by atoms with Crippen LogP contribution < -0.4 is 16.8 Å². The molecule has 1 unspecified atom stereocenters. The number of rotatable bonds is 2. The lowest BCUT2D eigenvalue weighted by molar-refractivity contribution is 0.118. The van der Waals surface area contributed by atoms with Gasteiger partial charge >= 0.3 is 0 Å². The fourth-order valence-corrected chi connectivity index (χ4v) is 3.16. The number of allylic oxidation sites excluding steroid dienone is 2. The molecule has 1 aromatic rings. The molecule has 0 spiro atoms. The van der Waals surface area contributed by atoms with Crippen LogP contribution in [0.5, 0.6) is 0 Å². The van der Waals surface area contributed by atoms with E-state index in [0.29, 0.717) is 5.70 Å². The van der Waals surface area contributed by atoms with Gasteiger partial charge in [0.1, 0.15) is 5.66 Å². The molecule has 0 aromatic heterocycles. The Morgan fingerprint density at radius 1 is 1.11 bits per heavy atom. The average Bonchev–Trinajstić information content (AvgIpc) is 2.33. The first-order valence-corrected chi connectivity index (χ1v) is 6.44. The van der Waals surface area contributed by atoms with Gasteiger partial charge in [-0.2, -0.15) is 0 Å². The molecule has 94 valence electrons. The van der Waals surface area contributed by atoms with Crippen molar-refractivity contribution in [2.24, 2.45) is 11.5 Å². The molecule has 1 heterocycles. The van der Waals surface area contributed by atoms with E-state index in [1.54, 1.807) is 0 Å². The molecule has 3 rings (SSSR count). The highest BCUT2D eigenvalue weighted by atomic mass is 15.2. The van der Waals surface area contributed by atoms with Crippen molar-refractivity contribution < 1.29 is 0 Å². The summed E-state index contributed by atoms with van der Waals surface area (Å²) in [6, 6.07) is 10.5. The quantitative estimate of drug-likeness (QED) is 0.738. The zero-order valence-electron chi connectivity index (χ0n) is 10.4. The summed E-state index contributed by atoms with van der Waals surface area (Å²) >= 11 is 0. The topological polar surface area (TPSA) is 64.1 Å². The lowest BCUT2D eigenvalue weighted by Crippen LogP contribution is -2.71. The molecule has 1 atom stereocenters. The Bertz CT molecular complexity index is 500. The molecule has 0 amide bonds. The second-order valence-corrected chi connectivity index (χ2v) is 5.24. The van der Waals surface area contributed by atoms with Gasteiger partial charge in [0.15, 0.2) is 0 Å². The summed E-state index contributed by atoms with van der Waals surface area (Å²) in [4.78, 5) is 0. The molecule has 1 saturated carbocycles. The smallest absolute Gasteiger partial charge is 0.136 e. The van der Waals surface area contributed by atoms with Crippen LogP contribution in [0.15, 0.2) is 54.4 Å². The van der Waals surface area contributed by atoms with Crippen molar-refractivity contribution in [3.05, 3.63) is 59.9 Å². The first kappa shape index (κ1) is 11.4. The number of benzene rings is 1. The van der Waals surface area contributed by atoms with Crippen LogP contribution >= 0.6 is 0 Å². The predicted octanol–water partition coefficient (Wildman–Crippen LogP) is 1.72. The summed E-state index contributed by atoms with van der Waals surface area (Å²) in [5.74, 6) is 0. The Kier molecular flexibility index (Phi) is 2.45. The maximum absolute atomic E-state index is 6.62. The standard InChI is InChI=1S/C15H19N3/c16-13-8-4-11-18-15(13,17)14(9-5-10-14)12-6-2-1-3-7-12/h1-4,6-8,11,18H,5,9-10,16-17H2. The number of nitrogens with one attached hydrogen (secondary N) is 1. The Morgan fingerprint density at radius 2 is 1.83 bits per heavy atom. The van der Waals surface area contributed by atoms with Gasteiger partial charge in [-0.25, -0.2) is 0 Å². The zero-order valence-corrected chi connectivity index (χ0v) is 10.4. The van der Waals surface area contributed by atoms with E-state index in [-0.39, 0.29) is 5.41 Å². The molecule has 5 N–H and O–H groups in total. The van der Waals surface area contributed by atoms with Gasteiger partial charge in [-0.05, 0) is 36.8 Å². The van der Waals surface area contributed by atoms with Gasteiger partial charge in [0.2, 0.25) is 0 Å². The first-order chi connectivity index (χ1) is 8.69. The van der Waals surface area contributed by atoms with E-state index in [0.717, 1.165) is 12.8 Å². The molecule has 0 saturated heterocycles. The fraction of sp³-hybridized carbons (Fsp3) is 0.333. The molecule has 0 bridgehead atoms. The highest BCUT2D eigenvalue weighted by molar-refractivity contribution is 5.42. The normalized spacial score (nSPS) is 29.1. The minimum atomic E-state index is -0.665. The van der Waals surface area contributed by atoms with E-state index in [9.17, 15) is 0 Å². The SMILES string of the molecule is NC1=CC=CNC1(N)C1(c2ccccc2)CCC1. The molecule has 3 nitrogen and oxygen atoms in total. The lowest BCUT2D eigenvalue weighted by Gasteiger charge is -2.55. The van der Waals surface area contributed by atoms with E-state index in [1.807, 2.05) is 24.4 Å². The van der Waals surface area contributed by atoms with Crippen LogP contribution in [-0.2, 0) is 5.41 Å². The van der Waals surface area contributed by atoms with Crippen molar-refractivity contribution in [1.82, 2.24) is 5.32 Å². The molecule has 1 aromatic carbocycles. The van der Waals surface area contributed by atoms with Crippen LogP contribution in [0, 0.1) is 0 Å². The van der Waals surface area contributed by atoms with Gasteiger partial charge < -0.3 is 16.8 Å². The number of dihydropyridines is 1. The van der Waals surface area contributed by atoms with E-state index in [1.165, 1.54) is 12.0 Å². The monoisotopic (exact) mass is 241 g/mol. The second-order valence-electron chi connectivity index (χ2n) is 5.24. The van der Waals surface area contributed by atoms with Gasteiger partial charge in [0.05, 0.1) is 0 Å². The summed E-state index contributed by atoms with van der Waals surface area (Å²) in [5, 5.41) is 3.29. The Morgan fingerprint density at radius 3 is 2.39 bits per heavy atom. The second kappa shape index (κ2) is 3.89. The van der Waals surface area contributed by atoms with Crippen LogP contribution in [0.25, 0.3) is 0 Å². The van der Waals surface area contributed by atoms with E-state index >= 15 is 0 Å². The summed E-state index contributed by atoms with van der Waals surface area (Å²) < 4.78 is 0. The maximum Gasteiger partial charge on any atom is 0.136 e. The van der Waals surface area contributed by atoms with Crippen molar-refractivity contribution in [2.45, 2.75) is 30.3 Å². The molecule has 3 heteroatoms. The summed E-state index contributed by atoms with van der Waals surface area (Å²) in [5.41, 5.74) is 14.0. The molecule has 1 aliphatic heterocycles. The van der Waals surface area contributed by atoms with Crippen LogP contribution in [0.1, 0.15) is 24.8 Å². The van der Waals surface area contributed by atoms with Gasteiger partial charge in [0.25, 0.3) is 0 Å². The third kappa shape index (κ3) is 1.34. The summed E-state index contributed by atoms with van der Waals surface area (Å²) in [6.07, 6.45) is 9.04. The first-order valence-electron chi connectivity index (χ1n) is 6.44. The predicted molar refractivity (Wildman–Crippen MR) is 73.4 cm³/mol. The van der Waals surface area contributed by atoms with Crippen LogP contribution in [-0.4, -0.2) is 5.66 Å². The molecule has 0 radical (unpaired) electrons. The average molecular weight is 241 g/mol. The lowest BCUT2D eigenvalue weighted by atomic mass is 9.56. The van der Waals surface area contributed by atoms with Gasteiger partial charge in [-0.3, -0.25) is 0 Å². The molecule has 1 fully saturated rings. The minimum Gasteiger partial charge on any atom is -0.399 e. The molecule has 1 aliphatic carbocycles. The van der Waals surface area contributed by atoms with Crippen molar-refractivity contribution in [3.8, 4) is 0 Å². The third-order valence-electron chi connectivity index (χ3n) is 4.43. The fourth-order valence-electron chi connectivity index (χ4n) is 3.16. The highest BCUT2D eigenvalue weighted by Crippen LogP contribution is 2.51. The zero-order chi connectivity index (χ0) is 12.6. The van der Waals surface area contributed by atoms with Crippen molar-refractivity contribution in [3.63, 3.8) is 0 Å². The highest BCUT2D eigenvalue weighted by Gasteiger charge is 2.55. The third-order valence-corrected chi connectivity index (χ3v) is 4.43. The van der Waals surface area contributed by atoms with Crippen LogP contribution in [0.2, 0.25) is 0 Å². The van der Waals surface area contributed by atoms with E-state index in [2.05, 4.69) is 29.6 Å². The van der Waals surface area contributed by atoms with Crippen molar-refractivity contribution >= 4 is 0 Å². The molecule has 2 aliphatic rings. The number of hydrogen-bond donors (Lipinski definition) is 3. The van der Waals surface area contributed by atoms with Gasteiger partial charge in [-0.1, -0.05) is 36.8 Å². The van der Waals surface area contributed by atoms with Crippen LogP contribution in [0.4, 0.5) is 0 Å². The Hall–Kier alpha value is -1.74. The Balaban J connectivity index is 2.08. The Labute approximate surface area is 108 Å². The number of hydrogen-bond acceptors (Lipinski definition) is 3. The number of nitrogens with two attached hydrogens (primary N) is 2. The van der Waals surface area contributed by atoms with Gasteiger partial charge in [-0.15, -0.1) is 0 Å². The van der Waals surface area contributed by atoms with Gasteiger partial charge in [0, 0.05) is 11.1 Å². The molecule has 18 heavy (non-hydrogen) atoms. The minimum absolute atomic E-state index is 0.0837. The largest absolute Gasteiger partial charge is 0.399 e. The van der Waals surface area contributed by atoms with Crippen molar-refractivity contribution in [1.29, 1.82) is 0 Å². The summed E-state index contributed by atoms with van der Waals surface area (Å²) in [7, 11) is 0. The molecular formula is C15H19N3. The molecular weight excluding hydrogens is 222 g/mol. The van der Waals surface area contributed by atoms with Crippen LogP contribution in [0.3, 0.4) is 0 Å². The maximum atomic E-state index is 6.62. The van der Waals surface area contributed by atoms with E-state index in [4.69, 9.17) is 11.5 Å². The van der Waals surface area contributed by atoms with Crippen molar-refractivity contribution in [2.75, 3.05) is 0 Å². The summed E-state index contributed by atoms with van der Waals surface area (Å²) in [6.45, 7) is 0. The van der Waals surface area contributed by atoms with E-state index < -0.39 is 5.66 Å².